The third-order valence-electron chi connectivity index (χ3n) is 3.62. The number of nitrogens with one attached hydrogen (secondary N) is 3. The van der Waals surface area contributed by atoms with Gasteiger partial charge >= 0.3 is 5.97 Å². The van der Waals surface area contributed by atoms with E-state index in [0.29, 0.717) is 5.56 Å². The van der Waals surface area contributed by atoms with Crippen molar-refractivity contribution in [3.63, 3.8) is 0 Å². The molecule has 0 radical (unpaired) electrons. The minimum Gasteiger partial charge on any atom is -0.508 e. The number of hydrogen-bond acceptors (Lipinski definition) is 7. The number of nitrogens with two attached hydrogens (primary N) is 2. The first-order chi connectivity index (χ1) is 13.6. The number of carboxylic acids is 1. The number of hydrogen-bond donors (Lipinski definition) is 7. The van der Waals surface area contributed by atoms with E-state index in [1.165, 1.54) is 12.1 Å². The van der Waals surface area contributed by atoms with Gasteiger partial charge in [0.1, 0.15) is 18.3 Å². The van der Waals surface area contributed by atoms with E-state index in [1.807, 2.05) is 5.32 Å². The molecular formula is C17H23N5O7. The van der Waals surface area contributed by atoms with Crippen LogP contribution >= 0.6 is 0 Å². The number of rotatable bonds is 11. The molecule has 12 heteroatoms. The van der Waals surface area contributed by atoms with Gasteiger partial charge < -0.3 is 37.6 Å². The van der Waals surface area contributed by atoms with Crippen molar-refractivity contribution in [3.05, 3.63) is 29.8 Å². The number of primary amides is 1. The van der Waals surface area contributed by atoms with E-state index in [2.05, 4.69) is 10.6 Å². The fraction of sp³-hybridized carbons (Fsp3) is 0.353. The lowest BCUT2D eigenvalue weighted by molar-refractivity contribution is -0.138. The number of carboxylic acid groups (broad SMARTS) is 1. The van der Waals surface area contributed by atoms with Crippen molar-refractivity contribution >= 4 is 29.6 Å². The van der Waals surface area contributed by atoms with Crippen LogP contribution in [0.15, 0.2) is 24.3 Å². The summed E-state index contributed by atoms with van der Waals surface area (Å²) in [4.78, 5) is 57.4. The van der Waals surface area contributed by atoms with Crippen LogP contribution in [0.5, 0.6) is 5.75 Å². The van der Waals surface area contributed by atoms with Gasteiger partial charge in [-0.25, -0.2) is 0 Å². The predicted octanol–water partition coefficient (Wildman–Crippen LogP) is -3.06. The molecule has 2 unspecified atom stereocenters. The second kappa shape index (κ2) is 11.2. The molecule has 0 spiro atoms. The average Bonchev–Trinajstić information content (AvgIpc) is 2.64. The lowest BCUT2D eigenvalue weighted by Crippen LogP contribution is -2.52. The lowest BCUT2D eigenvalue weighted by atomic mass is 10.1. The molecular weight excluding hydrogens is 386 g/mol. The second-order valence-electron chi connectivity index (χ2n) is 6.10. The van der Waals surface area contributed by atoms with E-state index in [9.17, 15) is 29.1 Å². The van der Waals surface area contributed by atoms with Gasteiger partial charge in [-0.2, -0.15) is 0 Å². The fourth-order valence-electron chi connectivity index (χ4n) is 2.22. The normalized spacial score (nSPS) is 12.3. The second-order valence-corrected chi connectivity index (χ2v) is 6.10. The molecule has 0 aliphatic heterocycles. The van der Waals surface area contributed by atoms with Crippen molar-refractivity contribution in [3.8, 4) is 5.75 Å². The van der Waals surface area contributed by atoms with Crippen molar-refractivity contribution in [1.29, 1.82) is 0 Å². The molecule has 0 saturated heterocycles. The van der Waals surface area contributed by atoms with Crippen LogP contribution in [-0.4, -0.2) is 65.0 Å². The highest BCUT2D eigenvalue weighted by molar-refractivity contribution is 5.94. The molecule has 0 bridgehead atoms. The molecule has 158 valence electrons. The molecule has 4 amide bonds. The molecule has 0 aliphatic carbocycles. The minimum absolute atomic E-state index is 0.0707. The molecule has 1 rings (SSSR count). The smallest absolute Gasteiger partial charge is 0.322 e. The summed E-state index contributed by atoms with van der Waals surface area (Å²) >= 11 is 0. The highest BCUT2D eigenvalue weighted by Crippen LogP contribution is 2.10. The minimum atomic E-state index is -1.39. The third-order valence-corrected chi connectivity index (χ3v) is 3.62. The summed E-state index contributed by atoms with van der Waals surface area (Å²) in [6.45, 7) is -1.23. The summed E-state index contributed by atoms with van der Waals surface area (Å²) in [5, 5.41) is 24.3. The van der Waals surface area contributed by atoms with Gasteiger partial charge in [0.05, 0.1) is 19.0 Å². The van der Waals surface area contributed by atoms with Crippen LogP contribution in [0.4, 0.5) is 0 Å². The van der Waals surface area contributed by atoms with E-state index < -0.39 is 61.2 Å². The highest BCUT2D eigenvalue weighted by atomic mass is 16.4. The van der Waals surface area contributed by atoms with Crippen LogP contribution in [0, 0.1) is 0 Å². The lowest BCUT2D eigenvalue weighted by Gasteiger charge is -2.17. The summed E-state index contributed by atoms with van der Waals surface area (Å²) < 4.78 is 0. The van der Waals surface area contributed by atoms with Crippen LogP contribution < -0.4 is 27.4 Å². The Morgan fingerprint density at radius 3 is 2.10 bits per heavy atom. The Hall–Kier alpha value is -3.67. The van der Waals surface area contributed by atoms with Crippen molar-refractivity contribution < 1.29 is 34.2 Å². The van der Waals surface area contributed by atoms with Gasteiger partial charge in [-0.3, -0.25) is 24.0 Å². The van der Waals surface area contributed by atoms with Crippen LogP contribution in [0.3, 0.4) is 0 Å². The number of amides is 4. The Morgan fingerprint density at radius 2 is 1.55 bits per heavy atom. The van der Waals surface area contributed by atoms with Crippen molar-refractivity contribution in [2.24, 2.45) is 11.5 Å². The zero-order chi connectivity index (χ0) is 22.0. The number of phenolic OH excluding ortho intramolecular Hbond substituents is 1. The van der Waals surface area contributed by atoms with Gasteiger partial charge in [-0.05, 0) is 24.1 Å². The van der Waals surface area contributed by atoms with E-state index in [0.717, 1.165) is 0 Å². The number of carbonyl (C=O) groups excluding carboxylic acids is 4. The Labute approximate surface area is 165 Å². The predicted molar refractivity (Wildman–Crippen MR) is 99.2 cm³/mol. The van der Waals surface area contributed by atoms with E-state index in [4.69, 9.17) is 16.6 Å². The summed E-state index contributed by atoms with van der Waals surface area (Å²) in [7, 11) is 0. The van der Waals surface area contributed by atoms with Crippen molar-refractivity contribution in [1.82, 2.24) is 16.0 Å². The maximum Gasteiger partial charge on any atom is 0.322 e. The molecule has 2 atom stereocenters. The Balaban J connectivity index is 2.53. The Bertz CT molecular complexity index is 766. The van der Waals surface area contributed by atoms with Gasteiger partial charge in [-0.1, -0.05) is 12.1 Å². The van der Waals surface area contributed by atoms with Crippen molar-refractivity contribution in [2.75, 3.05) is 13.1 Å². The number of aliphatic carboxylic acids is 1. The van der Waals surface area contributed by atoms with Crippen molar-refractivity contribution in [2.45, 2.75) is 24.9 Å². The molecule has 1 aromatic carbocycles. The number of benzene rings is 1. The largest absolute Gasteiger partial charge is 0.508 e. The monoisotopic (exact) mass is 409 g/mol. The Kier molecular flexibility index (Phi) is 9.05. The van der Waals surface area contributed by atoms with E-state index in [1.54, 1.807) is 12.1 Å². The number of aromatic hydroxyl groups is 1. The molecule has 0 heterocycles. The summed E-state index contributed by atoms with van der Waals surface area (Å²) in [5.41, 5.74) is 11.5. The van der Waals surface area contributed by atoms with Gasteiger partial charge in [0.2, 0.25) is 23.6 Å². The first-order valence-electron chi connectivity index (χ1n) is 8.47. The van der Waals surface area contributed by atoms with Crippen LogP contribution in [0.1, 0.15) is 12.0 Å². The van der Waals surface area contributed by atoms with Gasteiger partial charge in [-0.15, -0.1) is 0 Å². The first kappa shape index (κ1) is 23.4. The third kappa shape index (κ3) is 9.19. The zero-order valence-corrected chi connectivity index (χ0v) is 15.4. The molecule has 12 nitrogen and oxygen atoms in total. The molecule has 0 aromatic heterocycles. The maximum absolute atomic E-state index is 12.0. The summed E-state index contributed by atoms with van der Waals surface area (Å²) in [5.74, 6) is -4.46. The summed E-state index contributed by atoms with van der Waals surface area (Å²) in [6, 6.07) is 3.73. The topological polar surface area (TPSA) is 214 Å². The highest BCUT2D eigenvalue weighted by Gasteiger charge is 2.24. The molecule has 0 aliphatic rings. The molecule has 0 fully saturated rings. The Morgan fingerprint density at radius 1 is 0.966 bits per heavy atom. The maximum atomic E-state index is 12.0. The molecule has 1 aromatic rings. The van der Waals surface area contributed by atoms with Crippen LogP contribution in [0.2, 0.25) is 0 Å². The van der Waals surface area contributed by atoms with E-state index in [-0.39, 0.29) is 12.2 Å². The van der Waals surface area contributed by atoms with Gasteiger partial charge in [0, 0.05) is 0 Å². The zero-order valence-electron chi connectivity index (χ0n) is 15.4. The van der Waals surface area contributed by atoms with Crippen LogP contribution in [0.25, 0.3) is 0 Å². The SMILES string of the molecule is NC(=O)CC(NC(=O)CNC(=O)C(N)Cc1ccc(O)cc1)C(=O)NCC(=O)O. The number of phenols is 1. The quantitative estimate of drug-likeness (QED) is 0.199. The fourth-order valence-corrected chi connectivity index (χ4v) is 2.22. The summed E-state index contributed by atoms with van der Waals surface area (Å²) in [6.07, 6.45) is -0.388. The molecule has 29 heavy (non-hydrogen) atoms. The standard InChI is InChI=1S/C17H23N5O7/c18-11(5-9-1-3-10(23)4-2-9)16(28)20-7-14(25)22-12(6-13(19)24)17(29)21-8-15(26)27/h1-4,11-12,23H,5-8,18H2,(H2,19,24)(H,20,28)(H,21,29)(H,22,25)(H,26,27). The average molecular weight is 409 g/mol. The van der Waals surface area contributed by atoms with Gasteiger partial charge in [0.25, 0.3) is 0 Å². The van der Waals surface area contributed by atoms with E-state index >= 15 is 0 Å². The van der Waals surface area contributed by atoms with Gasteiger partial charge in [0.15, 0.2) is 0 Å². The van der Waals surface area contributed by atoms with Crippen LogP contribution in [-0.2, 0) is 30.4 Å². The number of carbonyl (C=O) groups is 5. The molecule has 0 saturated carbocycles. The molecule has 9 N–H and O–H groups in total. The first-order valence-corrected chi connectivity index (χ1v) is 8.47.